The Morgan fingerprint density at radius 3 is 1.65 bits per heavy atom. The molecule has 2 unspecified atom stereocenters. The molecule has 0 bridgehead atoms. The number of carbonyl (C=O) groups is 1. The third-order valence-electron chi connectivity index (χ3n) is 25.9. The van der Waals surface area contributed by atoms with Crippen LogP contribution in [-0.4, -0.2) is 76.2 Å². The van der Waals surface area contributed by atoms with Crippen LogP contribution in [0, 0.1) is 124 Å². The van der Waals surface area contributed by atoms with Crippen LogP contribution in [0.15, 0.2) is 177 Å². The quantitative estimate of drug-likeness (QED) is 0.0325. The number of hydrogen-bond acceptors (Lipinski definition) is 8. The first kappa shape index (κ1) is 117. The Labute approximate surface area is 846 Å². The van der Waals surface area contributed by atoms with E-state index in [1.54, 1.807) is 52.8 Å². The summed E-state index contributed by atoms with van der Waals surface area (Å²) in [6, 6.07) is 53.2. The van der Waals surface area contributed by atoms with E-state index in [2.05, 4.69) is 139 Å². The van der Waals surface area contributed by atoms with Gasteiger partial charge in [-0.1, -0.05) is 207 Å². The zero-order chi connectivity index (χ0) is 95.9. The second-order valence-electron chi connectivity index (χ2n) is 36.9. The fourth-order valence-electron chi connectivity index (χ4n) is 17.8. The van der Waals surface area contributed by atoms with Gasteiger partial charge in [0.05, 0.1) is 18.9 Å². The van der Waals surface area contributed by atoms with Crippen LogP contribution < -0.4 is 11.1 Å². The number of aryl methyl sites for hydroxylation is 2. The van der Waals surface area contributed by atoms with Gasteiger partial charge in [-0.3, -0.25) is 40.6 Å². The van der Waals surface area contributed by atoms with Crippen molar-refractivity contribution in [2.45, 2.75) is 240 Å². The first-order valence-corrected chi connectivity index (χ1v) is 45.0. The molecule has 6 aromatic carbocycles. The standard InChI is InChI=1S/C21H19F2N.C21H24N3.C18H18F2N.C18H19FN.C13H15F2.C7H10F3N2O.C7H8NO2.C3H5N2.Co.3Ir/c1-21(11-4-3-5-12-21)14-15-7-6-8-16(13-15)17-9-10-18(22)20(24-2)19(17)23;1-16(21(2)11-6-3-7-12-21)17-10-13-22-20(14-17)24-15-18-8-4-5-9-19(18)23-24;1-18(9-3-4-10-18)12-14-15(19)8-7-13(17(14)20)16-6-2-5-11-21-16;1-18(9-2-3-10-18)13-14-8-11-20-17(12-14)15-4-6-16(19)7-5-15;1-13(7-2-3-8-13)9-10-11(14)5-4-6-12(10)15;1-6(13,7(8,9)10)5-12-4-2-3-11;1-5-3-6(7(9)10)4-8(5)2;4-2-1-3-5;;;;/h6-7,10,13H,3-5,11-12,14H2,1H3;4-5,8-10,13-14,16H,3,6-7,11-12H2,1-2H3;2,5-6,8,11H,3-4,9-10,12H2,1H3;4,6-8,11-12H,2-3,9-10,13H2,1H3;5-6H,2-3,7-9H2,1H3;2-4,12-13H,5H2,1H3;4H,1-2H3,(H,9,10);1-3H,4H2;;;;/q-2;7*-1;;;2*+3/b;;;;;4-2-;;2-1-;;;;. The van der Waals surface area contributed by atoms with Gasteiger partial charge in [0.2, 0.25) is 5.97 Å². The van der Waals surface area contributed by atoms with Gasteiger partial charge in [-0.05, 0) is 198 Å². The molecule has 2 radical (unpaired) electrons. The predicted octanol–water partition coefficient (Wildman–Crippen LogP) is 27.2. The van der Waals surface area contributed by atoms with E-state index >= 15 is 0 Å². The number of nitrogens with two attached hydrogens (primary N) is 1. The van der Waals surface area contributed by atoms with Gasteiger partial charge in [-0.25, -0.2) is 16.2 Å². The number of hydrogen-bond donors (Lipinski definition) is 4. The summed E-state index contributed by atoms with van der Waals surface area (Å²) in [5.41, 5.74) is 12.0. The summed E-state index contributed by atoms with van der Waals surface area (Å²) in [4.78, 5) is 26.3. The van der Waals surface area contributed by atoms with Gasteiger partial charge in [-0.2, -0.15) is 55.9 Å². The molecule has 136 heavy (non-hydrogen) atoms. The number of aliphatic hydroxyl groups is 1. The normalized spacial score (nSPS) is 16.2. The minimum atomic E-state index is -4.67. The Morgan fingerprint density at radius 1 is 0.610 bits per heavy atom. The van der Waals surface area contributed by atoms with E-state index in [0.717, 1.165) is 115 Å². The molecule has 5 aliphatic carbocycles. The Hall–Kier alpha value is -9.39. The SMILES string of the molecule is CC(O)(CN/C=C\C=[N-])C(F)(F)F.CC(c1ccnc(-n2[c-]c3ccccc3n2)c1)C1(C)CCCCC1.CC1(Cc2c(F)c[c-]c(-c3ccccn3)c2F)CCCC1.CC1(Cc2c(F)c[c-]cc2F)CCCC1.CC1(Cc2ccnc(-c3[c-]cc(F)cc3)c2)CCCC1.Cc1[c-]c(C(=O)O)cn1C.[C-]#[N+]c1c(F)c[c-]c(-c2[c-]ccc(CC3(C)CCCCC3)c2)c1F.[Co].[Ir+3].[Ir+3].[Ir].[N-]=C/C=C\N. The van der Waals surface area contributed by atoms with Crippen LogP contribution in [0.4, 0.5) is 49.6 Å². The summed E-state index contributed by atoms with van der Waals surface area (Å²) in [6.45, 7) is 22.5. The maximum atomic E-state index is 14.7. The van der Waals surface area contributed by atoms with Crippen LogP contribution in [-0.2, 0) is 110 Å². The largest absolute Gasteiger partial charge is 3.00 e. The molecule has 5 heterocycles. The van der Waals surface area contributed by atoms with E-state index < -0.39 is 64.9 Å². The van der Waals surface area contributed by atoms with Gasteiger partial charge in [0, 0.05) is 102 Å². The molecule has 0 saturated heterocycles. The van der Waals surface area contributed by atoms with Crippen LogP contribution in [0.3, 0.4) is 0 Å². The molecule has 5 saturated carbocycles. The Kier molecular flexibility index (Phi) is 47.7. The van der Waals surface area contributed by atoms with E-state index in [0.29, 0.717) is 54.0 Å². The topological polar surface area (TPSA) is 206 Å². The van der Waals surface area contributed by atoms with Gasteiger partial charge in [0.15, 0.2) is 11.3 Å². The van der Waals surface area contributed by atoms with E-state index in [4.69, 9.17) is 33.3 Å². The molecule has 732 valence electrons. The summed E-state index contributed by atoms with van der Waals surface area (Å²) in [6.07, 6.45) is 42.0. The number of nitrogens with one attached hydrogen (secondary N) is 1. The molecule has 0 amide bonds. The molecule has 2 atom stereocenters. The van der Waals surface area contributed by atoms with E-state index in [1.165, 1.54) is 163 Å². The first-order chi connectivity index (χ1) is 62.9. The van der Waals surface area contributed by atoms with Crippen molar-refractivity contribution in [2.24, 2.45) is 39.9 Å². The van der Waals surface area contributed by atoms with Gasteiger partial charge in [-0.15, -0.1) is 95.4 Å². The van der Waals surface area contributed by atoms with Crippen molar-refractivity contribution in [3.05, 3.63) is 321 Å². The maximum Gasteiger partial charge on any atom is 3.00 e. The second kappa shape index (κ2) is 55.4. The number of pyridine rings is 3. The maximum absolute atomic E-state index is 14.7. The fourth-order valence-corrected chi connectivity index (χ4v) is 17.8. The molecule has 14 nitrogen and oxygen atoms in total. The Morgan fingerprint density at radius 2 is 1.14 bits per heavy atom. The van der Waals surface area contributed by atoms with Crippen molar-refractivity contribution in [1.29, 1.82) is 0 Å². The monoisotopic (exact) mass is 2440 g/mol. The molecule has 0 spiro atoms. The number of halogens is 10. The Bertz CT molecular complexity index is 5610. The van der Waals surface area contributed by atoms with Crippen molar-refractivity contribution in [1.82, 2.24) is 34.6 Å². The molecule has 5 aliphatic rings. The van der Waals surface area contributed by atoms with Crippen LogP contribution >= 0.6 is 0 Å². The minimum absolute atomic E-state index is 0. The molecular weight excluding hydrogens is 2320 g/mol. The smallest absolute Gasteiger partial charge is 0.811 e. The third-order valence-corrected chi connectivity index (χ3v) is 25.9. The van der Waals surface area contributed by atoms with Crippen molar-refractivity contribution in [2.75, 3.05) is 6.54 Å². The van der Waals surface area contributed by atoms with E-state index in [-0.39, 0.29) is 127 Å². The summed E-state index contributed by atoms with van der Waals surface area (Å²) < 4.78 is 136. The van der Waals surface area contributed by atoms with E-state index in [1.807, 2.05) is 55.7 Å². The number of nitrogens with zero attached hydrogens (tertiary/aromatic N) is 9. The van der Waals surface area contributed by atoms with Gasteiger partial charge in [0.1, 0.15) is 0 Å². The molecule has 11 aromatic rings. The van der Waals surface area contributed by atoms with Crippen molar-refractivity contribution >= 4 is 35.0 Å². The number of aromatic nitrogens is 6. The molecule has 5 fully saturated rings. The number of benzene rings is 6. The number of allylic oxidation sites excluding steroid dienone is 2. The number of rotatable bonds is 20. The van der Waals surface area contributed by atoms with Crippen LogP contribution in [0.25, 0.3) is 66.0 Å². The van der Waals surface area contributed by atoms with Gasteiger partial charge >= 0.3 is 46.4 Å². The zero-order valence-corrected chi connectivity index (χ0v) is 86.3. The van der Waals surface area contributed by atoms with Crippen molar-refractivity contribution in [3.63, 3.8) is 0 Å². The zero-order valence-electron chi connectivity index (χ0n) is 78.1. The van der Waals surface area contributed by atoms with Gasteiger partial charge in [0.25, 0.3) is 0 Å². The molecule has 0 aliphatic heterocycles. The fraction of sp³-hybridized carbons (Fsp3) is 0.407. The number of fused-ring (bicyclic) bond motifs is 1. The van der Waals surface area contributed by atoms with Gasteiger partial charge < -0.3 is 56.1 Å². The number of aromatic carboxylic acids is 1. The van der Waals surface area contributed by atoms with E-state index in [9.17, 15) is 48.7 Å². The van der Waals surface area contributed by atoms with Crippen LogP contribution in [0.2, 0.25) is 0 Å². The number of carboxylic acids is 1. The molecule has 16 rings (SSSR count). The third kappa shape index (κ3) is 34.6. The average Bonchev–Trinajstić information content (AvgIpc) is 1.14. The summed E-state index contributed by atoms with van der Waals surface area (Å²) in [5.74, 6) is -3.46. The first-order valence-electron chi connectivity index (χ1n) is 45.0. The van der Waals surface area contributed by atoms with Crippen molar-refractivity contribution < 1.29 is 136 Å². The number of carboxylic acid groups (broad SMARTS) is 1. The molecule has 5 aromatic heterocycles. The summed E-state index contributed by atoms with van der Waals surface area (Å²) in [7, 11) is 1.79. The van der Waals surface area contributed by atoms with Crippen LogP contribution in [0.5, 0.6) is 0 Å². The molecule has 28 heteroatoms. The number of alkyl halides is 3. The second-order valence-corrected chi connectivity index (χ2v) is 36.9. The summed E-state index contributed by atoms with van der Waals surface area (Å²) >= 11 is 0. The minimum Gasteiger partial charge on any atom is -0.811 e. The van der Waals surface area contributed by atoms with Crippen molar-refractivity contribution in [3.8, 4) is 39.5 Å². The van der Waals surface area contributed by atoms with Crippen LogP contribution in [0.1, 0.15) is 240 Å². The summed E-state index contributed by atoms with van der Waals surface area (Å²) in [5, 5.41) is 41.1. The molecule has 5 N–H and O–H groups in total. The molecular formula is C108H118CoF10Ir3N11O3-3. The average molecular weight is 2440 g/mol. The Balaban J connectivity index is 0.000000281. The predicted molar refractivity (Wildman–Crippen MR) is 503 cm³/mol.